The van der Waals surface area contributed by atoms with Crippen molar-refractivity contribution in [1.29, 1.82) is 5.26 Å². The van der Waals surface area contributed by atoms with E-state index in [0.717, 1.165) is 0 Å². The minimum absolute atomic E-state index is 0.166. The number of aromatic nitrogens is 2. The summed E-state index contributed by atoms with van der Waals surface area (Å²) in [4.78, 5) is 15.2. The van der Waals surface area contributed by atoms with Crippen molar-refractivity contribution in [3.05, 3.63) is 35.7 Å². The lowest BCUT2D eigenvalue weighted by Gasteiger charge is -2.06. The van der Waals surface area contributed by atoms with Gasteiger partial charge in [-0.1, -0.05) is 0 Å². The predicted molar refractivity (Wildman–Crippen MR) is 64.8 cm³/mol. The van der Waals surface area contributed by atoms with Crippen LogP contribution in [0.4, 0.5) is 0 Å². The zero-order valence-corrected chi connectivity index (χ0v) is 9.83. The van der Waals surface area contributed by atoms with Gasteiger partial charge in [-0.2, -0.15) is 5.26 Å². The van der Waals surface area contributed by atoms with Crippen LogP contribution in [0.3, 0.4) is 0 Å². The third-order valence-electron chi connectivity index (χ3n) is 2.95. The fraction of sp³-hybridized carbons (Fsp3) is 0.154. The average molecular weight is 255 g/mol. The van der Waals surface area contributed by atoms with E-state index in [1.165, 1.54) is 12.1 Å². The van der Waals surface area contributed by atoms with E-state index in [4.69, 9.17) is 15.1 Å². The molecule has 0 amide bonds. The molecule has 0 fully saturated rings. The molecule has 1 aliphatic heterocycles. The minimum Gasteiger partial charge on any atom is -0.491 e. The summed E-state index contributed by atoms with van der Waals surface area (Å²) >= 11 is 0. The summed E-state index contributed by atoms with van der Waals surface area (Å²) in [6, 6.07) is 6.64. The highest BCUT2D eigenvalue weighted by molar-refractivity contribution is 5.89. The van der Waals surface area contributed by atoms with Crippen molar-refractivity contribution in [2.45, 2.75) is 6.54 Å². The lowest BCUT2D eigenvalue weighted by molar-refractivity contribution is 0.0696. The highest BCUT2D eigenvalue weighted by Gasteiger charge is 2.19. The van der Waals surface area contributed by atoms with Crippen molar-refractivity contribution in [2.24, 2.45) is 0 Å². The van der Waals surface area contributed by atoms with Crippen LogP contribution in [-0.2, 0) is 6.54 Å². The molecule has 1 N–H and O–H groups in total. The Morgan fingerprint density at radius 2 is 2.37 bits per heavy atom. The monoisotopic (exact) mass is 255 g/mol. The molecular formula is C13H9N3O3. The van der Waals surface area contributed by atoms with Crippen LogP contribution in [0.15, 0.2) is 24.4 Å². The van der Waals surface area contributed by atoms with E-state index in [0.29, 0.717) is 36.0 Å². The predicted octanol–water partition coefficient (Wildman–Crippen LogP) is 1.51. The van der Waals surface area contributed by atoms with Crippen molar-refractivity contribution >= 4 is 5.97 Å². The van der Waals surface area contributed by atoms with E-state index in [1.807, 2.05) is 10.6 Å². The molecule has 0 saturated heterocycles. The maximum absolute atomic E-state index is 10.9. The van der Waals surface area contributed by atoms with Crippen molar-refractivity contribution in [1.82, 2.24) is 9.55 Å². The Hall–Kier alpha value is -2.81. The van der Waals surface area contributed by atoms with Gasteiger partial charge in [0, 0.05) is 6.20 Å². The fourth-order valence-corrected chi connectivity index (χ4v) is 2.07. The molecule has 0 spiro atoms. The molecule has 3 rings (SSSR count). The second-order valence-corrected chi connectivity index (χ2v) is 4.12. The number of hydrogen-bond acceptors (Lipinski definition) is 4. The highest BCUT2D eigenvalue weighted by atomic mass is 16.5. The molecule has 2 heterocycles. The molecule has 0 saturated carbocycles. The zero-order chi connectivity index (χ0) is 13.4. The van der Waals surface area contributed by atoms with Gasteiger partial charge in [-0.05, 0) is 18.2 Å². The van der Waals surface area contributed by atoms with E-state index in [2.05, 4.69) is 4.98 Å². The van der Waals surface area contributed by atoms with Crippen LogP contribution < -0.4 is 4.74 Å². The summed E-state index contributed by atoms with van der Waals surface area (Å²) < 4.78 is 7.38. The summed E-state index contributed by atoms with van der Waals surface area (Å²) in [5.74, 6) is 0.103. The van der Waals surface area contributed by atoms with E-state index in [1.54, 1.807) is 12.3 Å². The van der Waals surface area contributed by atoms with Crippen LogP contribution in [-0.4, -0.2) is 27.2 Å². The lowest BCUT2D eigenvalue weighted by Crippen LogP contribution is -2.04. The van der Waals surface area contributed by atoms with Gasteiger partial charge < -0.3 is 14.4 Å². The van der Waals surface area contributed by atoms with Gasteiger partial charge in [-0.3, -0.25) is 0 Å². The first-order valence-corrected chi connectivity index (χ1v) is 5.67. The van der Waals surface area contributed by atoms with E-state index in [9.17, 15) is 4.79 Å². The first kappa shape index (κ1) is 11.3. The molecule has 2 aromatic rings. The second-order valence-electron chi connectivity index (χ2n) is 4.12. The van der Waals surface area contributed by atoms with Crippen molar-refractivity contribution in [2.75, 3.05) is 6.61 Å². The highest BCUT2D eigenvalue weighted by Crippen LogP contribution is 2.32. The van der Waals surface area contributed by atoms with Gasteiger partial charge in [0.2, 0.25) is 0 Å². The summed E-state index contributed by atoms with van der Waals surface area (Å²) in [6.07, 6.45) is 1.67. The summed E-state index contributed by atoms with van der Waals surface area (Å²) in [6.45, 7) is 0.978. The molecule has 0 atom stereocenters. The molecule has 0 radical (unpaired) electrons. The molecule has 0 unspecified atom stereocenters. The van der Waals surface area contributed by atoms with Gasteiger partial charge in [0.05, 0.1) is 17.7 Å². The molecular weight excluding hydrogens is 246 g/mol. The topological polar surface area (TPSA) is 88.1 Å². The SMILES string of the molecule is N#Cc1cn2c(n1)-c1ccc(C(=O)O)cc1OCC2. The number of rotatable bonds is 1. The van der Waals surface area contributed by atoms with Crippen molar-refractivity contribution in [3.63, 3.8) is 0 Å². The molecule has 6 nitrogen and oxygen atoms in total. The molecule has 1 aromatic heterocycles. The minimum atomic E-state index is -1.00. The van der Waals surface area contributed by atoms with Crippen LogP contribution >= 0.6 is 0 Å². The largest absolute Gasteiger partial charge is 0.491 e. The quantitative estimate of drug-likeness (QED) is 0.834. The molecule has 1 aromatic carbocycles. The van der Waals surface area contributed by atoms with Gasteiger partial charge in [0.1, 0.15) is 24.3 Å². The summed E-state index contributed by atoms with van der Waals surface area (Å²) in [5.41, 5.74) is 1.20. The number of carboxylic acids is 1. The third-order valence-corrected chi connectivity index (χ3v) is 2.95. The lowest BCUT2D eigenvalue weighted by atomic mass is 10.1. The maximum atomic E-state index is 10.9. The number of nitriles is 1. The molecule has 94 valence electrons. The van der Waals surface area contributed by atoms with Crippen molar-refractivity contribution in [3.8, 4) is 23.2 Å². The maximum Gasteiger partial charge on any atom is 0.335 e. The normalized spacial score (nSPS) is 12.6. The summed E-state index contributed by atoms with van der Waals surface area (Å²) in [7, 11) is 0. The van der Waals surface area contributed by atoms with Gasteiger partial charge in [-0.25, -0.2) is 9.78 Å². The van der Waals surface area contributed by atoms with Crippen LogP contribution in [0, 0.1) is 11.3 Å². The molecule has 0 aliphatic carbocycles. The number of ether oxygens (including phenoxy) is 1. The number of imidazole rings is 1. The number of benzene rings is 1. The first-order chi connectivity index (χ1) is 9.19. The van der Waals surface area contributed by atoms with Gasteiger partial charge in [0.25, 0.3) is 0 Å². The average Bonchev–Trinajstić information content (AvgIpc) is 2.74. The number of nitrogens with zero attached hydrogens (tertiary/aromatic N) is 3. The molecule has 6 heteroatoms. The smallest absolute Gasteiger partial charge is 0.335 e. The van der Waals surface area contributed by atoms with Gasteiger partial charge in [0.15, 0.2) is 5.69 Å². The Balaban J connectivity index is 2.18. The fourth-order valence-electron chi connectivity index (χ4n) is 2.07. The Bertz CT molecular complexity index is 712. The Labute approximate surface area is 108 Å². The number of carbonyl (C=O) groups is 1. The van der Waals surface area contributed by atoms with Crippen molar-refractivity contribution < 1.29 is 14.6 Å². The van der Waals surface area contributed by atoms with E-state index < -0.39 is 5.97 Å². The zero-order valence-electron chi connectivity index (χ0n) is 9.83. The summed E-state index contributed by atoms with van der Waals surface area (Å²) in [5, 5.41) is 17.9. The van der Waals surface area contributed by atoms with Crippen LogP contribution in [0.2, 0.25) is 0 Å². The Morgan fingerprint density at radius 3 is 3.11 bits per heavy atom. The second kappa shape index (κ2) is 4.14. The number of aromatic carboxylic acids is 1. The van der Waals surface area contributed by atoms with Crippen LogP contribution in [0.5, 0.6) is 5.75 Å². The molecule has 0 bridgehead atoms. The third kappa shape index (κ3) is 1.81. The Morgan fingerprint density at radius 1 is 1.53 bits per heavy atom. The van der Waals surface area contributed by atoms with E-state index >= 15 is 0 Å². The van der Waals surface area contributed by atoms with Crippen LogP contribution in [0.25, 0.3) is 11.4 Å². The van der Waals surface area contributed by atoms with Crippen LogP contribution in [0.1, 0.15) is 16.1 Å². The van der Waals surface area contributed by atoms with Gasteiger partial charge >= 0.3 is 5.97 Å². The van der Waals surface area contributed by atoms with E-state index in [-0.39, 0.29) is 5.56 Å². The molecule has 19 heavy (non-hydrogen) atoms. The standard InChI is InChI=1S/C13H9N3O3/c14-6-9-7-16-3-4-19-11-5-8(13(17)18)1-2-10(11)12(16)15-9/h1-2,5,7H,3-4H2,(H,17,18). The number of hydrogen-bond donors (Lipinski definition) is 1. The number of fused-ring (bicyclic) bond motifs is 3. The first-order valence-electron chi connectivity index (χ1n) is 5.67. The Kier molecular flexibility index (Phi) is 2.46. The van der Waals surface area contributed by atoms with Gasteiger partial charge in [-0.15, -0.1) is 0 Å². The molecule has 1 aliphatic rings. The number of carboxylic acid groups (broad SMARTS) is 1.